The first-order valence-corrected chi connectivity index (χ1v) is 17.0. The minimum absolute atomic E-state index is 0.0152. The van der Waals surface area contributed by atoms with Gasteiger partial charge in [0.05, 0.1) is 0 Å². The van der Waals surface area contributed by atoms with Gasteiger partial charge in [0.15, 0.2) is 0 Å². The Morgan fingerprint density at radius 1 is 0.897 bits per heavy atom. The maximum atomic E-state index is 5.97. The van der Waals surface area contributed by atoms with E-state index >= 15 is 0 Å². The molecular weight excluding hydrogens is 432 g/mol. The number of hydrogen-bond donors (Lipinski definition) is 0. The number of hydrogen-bond acceptors (Lipinski definition) is 1. The van der Waals surface area contributed by atoms with E-state index in [-0.39, 0.29) is 10.8 Å². The van der Waals surface area contributed by atoms with Crippen LogP contribution in [0.4, 0.5) is 0 Å². The van der Waals surface area contributed by atoms with Crippen LogP contribution in [0.3, 0.4) is 0 Å². The third-order valence-electron chi connectivity index (χ3n) is 6.08. The summed E-state index contributed by atoms with van der Waals surface area (Å²) in [6, 6.07) is 11.7. The molecule has 0 aliphatic heterocycles. The summed E-state index contributed by atoms with van der Waals surface area (Å²) in [4.78, 5) is 0. The average Bonchev–Trinajstić information content (AvgIpc) is 2.94. The molecule has 0 heterocycles. The first-order valence-electron chi connectivity index (χ1n) is 10.7. The van der Waals surface area contributed by atoms with E-state index in [0.29, 0.717) is 0 Å². The summed E-state index contributed by atoms with van der Waals surface area (Å²) in [7, 11) is 1.81. The fraction of sp³-hybridized carbons (Fsp3) is 0.481. The third-order valence-corrected chi connectivity index (χ3v) is 10.8. The molecule has 0 saturated heterocycles. The van der Waals surface area contributed by atoms with Crippen molar-refractivity contribution in [1.29, 1.82) is 0 Å². The van der Waals surface area contributed by atoms with Gasteiger partial charge in [-0.25, -0.2) is 0 Å². The van der Waals surface area contributed by atoms with Gasteiger partial charge in [-0.15, -0.1) is 0 Å². The molecule has 3 rings (SSSR count). The molecule has 1 aliphatic carbocycles. The zero-order chi connectivity index (χ0) is 21.7. The van der Waals surface area contributed by atoms with E-state index in [9.17, 15) is 0 Å². The second-order valence-electron chi connectivity index (χ2n) is 10.8. The van der Waals surface area contributed by atoms with Gasteiger partial charge in [0.25, 0.3) is 0 Å². The van der Waals surface area contributed by atoms with Crippen LogP contribution in [0.5, 0.6) is 5.75 Å². The zero-order valence-electron chi connectivity index (χ0n) is 19.9. The van der Waals surface area contributed by atoms with E-state index < -0.39 is 21.8 Å². The molecule has 2 aromatic rings. The van der Waals surface area contributed by atoms with Crippen molar-refractivity contribution in [2.75, 3.05) is 7.11 Å². The van der Waals surface area contributed by atoms with Crippen LogP contribution < -0.4 is 4.74 Å². The molecule has 1 nitrogen and oxygen atoms in total. The SMILES string of the molecule is COc1c(C(C)(C)C)cc(-c2cccc3c2C=C(C)[CH]3[Zr]([CH3])[CH3])cc1C(C)(C)C. The van der Waals surface area contributed by atoms with Crippen molar-refractivity contribution in [2.45, 2.75) is 72.2 Å². The Balaban J connectivity index is 2.32. The predicted octanol–water partition coefficient (Wildman–Crippen LogP) is 8.13. The van der Waals surface area contributed by atoms with Crippen molar-refractivity contribution >= 4 is 6.08 Å². The van der Waals surface area contributed by atoms with Crippen LogP contribution >= 0.6 is 0 Å². The molecular formula is C27H37OZr. The van der Waals surface area contributed by atoms with Gasteiger partial charge < -0.3 is 0 Å². The van der Waals surface area contributed by atoms with Crippen molar-refractivity contribution in [3.63, 3.8) is 0 Å². The van der Waals surface area contributed by atoms with Crippen molar-refractivity contribution in [1.82, 2.24) is 0 Å². The van der Waals surface area contributed by atoms with Crippen molar-refractivity contribution in [2.24, 2.45) is 0 Å². The minimum atomic E-state index is -1.40. The average molecular weight is 469 g/mol. The number of allylic oxidation sites excluding steroid dienone is 1. The van der Waals surface area contributed by atoms with E-state index in [0.717, 1.165) is 9.38 Å². The van der Waals surface area contributed by atoms with Gasteiger partial charge in [-0.05, 0) is 0 Å². The Bertz CT molecular complexity index is 916. The summed E-state index contributed by atoms with van der Waals surface area (Å²) in [5.74, 6) is 1.04. The molecule has 2 aromatic carbocycles. The van der Waals surface area contributed by atoms with Crippen molar-refractivity contribution < 1.29 is 26.5 Å². The number of ether oxygens (including phenoxy) is 1. The second-order valence-corrected chi connectivity index (χ2v) is 17.5. The van der Waals surface area contributed by atoms with Crippen LogP contribution in [-0.2, 0) is 32.6 Å². The topological polar surface area (TPSA) is 9.23 Å². The molecule has 0 bridgehead atoms. The van der Waals surface area contributed by atoms with Crippen LogP contribution in [0, 0.1) is 0 Å². The van der Waals surface area contributed by atoms with E-state index in [1.807, 2.05) is 7.11 Å². The molecule has 2 heteroatoms. The monoisotopic (exact) mass is 467 g/mol. The molecule has 1 aliphatic rings. The fourth-order valence-corrected chi connectivity index (χ4v) is 9.28. The second kappa shape index (κ2) is 7.84. The zero-order valence-corrected chi connectivity index (χ0v) is 22.4. The molecule has 0 fully saturated rings. The molecule has 0 saturated carbocycles. The number of methoxy groups -OCH3 is 1. The maximum absolute atomic E-state index is 5.97. The first kappa shape index (κ1) is 22.5. The van der Waals surface area contributed by atoms with Gasteiger partial charge in [0, 0.05) is 0 Å². The summed E-state index contributed by atoms with van der Waals surface area (Å²) in [5, 5.41) is 0. The third kappa shape index (κ3) is 4.20. The van der Waals surface area contributed by atoms with E-state index in [1.54, 1.807) is 11.1 Å². The standard InChI is InChI=1S/C25H31O.2CH3.Zr/c1-16-12-17-10-9-11-19(20(17)13-16)18-14-21(24(2,3)4)23(26-8)22(15-18)25(5,6)7;;;/h9-15H,1-8H3;2*1H3;. The van der Waals surface area contributed by atoms with E-state index in [4.69, 9.17) is 4.74 Å². The van der Waals surface area contributed by atoms with Crippen LogP contribution in [0.1, 0.15) is 74.3 Å². The fourth-order valence-electron chi connectivity index (χ4n) is 4.69. The number of rotatable bonds is 3. The van der Waals surface area contributed by atoms with Crippen LogP contribution in [-0.4, -0.2) is 7.11 Å². The first-order chi connectivity index (χ1) is 13.4. The van der Waals surface area contributed by atoms with Crippen LogP contribution in [0.25, 0.3) is 17.2 Å². The Hall–Kier alpha value is -1.14. The molecule has 0 aromatic heterocycles. The molecule has 155 valence electrons. The summed E-state index contributed by atoms with van der Waals surface area (Å²) in [5.41, 5.74) is 9.86. The van der Waals surface area contributed by atoms with Gasteiger partial charge >= 0.3 is 187 Å². The molecule has 1 atom stereocenters. The molecule has 0 amide bonds. The molecule has 0 N–H and O–H groups in total. The van der Waals surface area contributed by atoms with Gasteiger partial charge in [-0.1, -0.05) is 0 Å². The number of fused-ring (bicyclic) bond motifs is 1. The van der Waals surface area contributed by atoms with Gasteiger partial charge in [-0.2, -0.15) is 0 Å². The van der Waals surface area contributed by atoms with Crippen molar-refractivity contribution in [3.05, 3.63) is 58.2 Å². The molecule has 1 unspecified atom stereocenters. The summed E-state index contributed by atoms with van der Waals surface area (Å²) in [6.45, 7) is 16.0. The quantitative estimate of drug-likeness (QED) is 0.442. The Morgan fingerprint density at radius 3 is 1.90 bits per heavy atom. The van der Waals surface area contributed by atoms with E-state index in [1.165, 1.54) is 27.8 Å². The summed E-state index contributed by atoms with van der Waals surface area (Å²) >= 11 is -1.40. The van der Waals surface area contributed by atoms with Gasteiger partial charge in [0.1, 0.15) is 0 Å². The molecule has 0 spiro atoms. The Labute approximate surface area is 186 Å². The molecule has 29 heavy (non-hydrogen) atoms. The Kier molecular flexibility index (Phi) is 6.10. The summed E-state index contributed by atoms with van der Waals surface area (Å²) < 4.78 is 11.7. The molecule has 0 radical (unpaired) electrons. The number of benzene rings is 2. The Morgan fingerprint density at radius 2 is 1.45 bits per heavy atom. The normalized spacial score (nSPS) is 16.5. The van der Waals surface area contributed by atoms with Gasteiger partial charge in [0.2, 0.25) is 0 Å². The van der Waals surface area contributed by atoms with E-state index in [2.05, 4.69) is 94.1 Å². The van der Waals surface area contributed by atoms with Crippen molar-refractivity contribution in [3.8, 4) is 16.9 Å². The predicted molar refractivity (Wildman–Crippen MR) is 124 cm³/mol. The van der Waals surface area contributed by atoms with Crippen LogP contribution in [0.2, 0.25) is 9.26 Å². The van der Waals surface area contributed by atoms with Crippen LogP contribution in [0.15, 0.2) is 35.9 Å². The van der Waals surface area contributed by atoms with Gasteiger partial charge in [-0.3, -0.25) is 0 Å². The summed E-state index contributed by atoms with van der Waals surface area (Å²) in [6.07, 6.45) is 2.46.